The number of carbonyl (C=O) groups is 1. The van der Waals surface area contributed by atoms with Gasteiger partial charge in [-0.15, -0.1) is 0 Å². The van der Waals surface area contributed by atoms with Gasteiger partial charge in [-0.2, -0.15) is 0 Å². The maximum atomic E-state index is 11.1. The molecule has 0 aliphatic carbocycles. The number of aromatic nitrogens is 1. The molecule has 1 fully saturated rings. The van der Waals surface area contributed by atoms with E-state index in [1.54, 1.807) is 0 Å². The van der Waals surface area contributed by atoms with Crippen LogP contribution in [0.1, 0.15) is 35.3 Å². The molecule has 4 atom stereocenters. The Balaban J connectivity index is 1.73. The van der Waals surface area contributed by atoms with Gasteiger partial charge in [0.2, 0.25) is 0 Å². The van der Waals surface area contributed by atoms with E-state index in [4.69, 9.17) is 34.1 Å². The fourth-order valence-electron chi connectivity index (χ4n) is 1.96. The zero-order valence-corrected chi connectivity index (χ0v) is 15.4. The molecule has 25 heavy (non-hydrogen) atoms. The number of nitrogens with zero attached hydrogens (tertiary/aromatic N) is 1. The van der Waals surface area contributed by atoms with E-state index in [1.165, 1.54) is 6.26 Å². The zero-order valence-electron chi connectivity index (χ0n) is 12.5. The number of hydrogen-bond donors (Lipinski definition) is 5. The molecular weight excluding hydrogens is 405 g/mol. The second kappa shape index (κ2) is 8.90. The molecule has 1 aromatic rings. The molecule has 0 spiro atoms. The molecule has 1 amide bonds. The Bertz CT molecular complexity index is 620. The molecule has 1 aliphatic heterocycles. The van der Waals surface area contributed by atoms with Crippen LogP contribution in [0.5, 0.6) is 0 Å². The second-order valence-corrected chi connectivity index (χ2v) is 8.75. The van der Waals surface area contributed by atoms with Crippen LogP contribution >= 0.6 is 25.0 Å². The summed E-state index contributed by atoms with van der Waals surface area (Å²) in [7, 11) is -11.2. The Labute approximate surface area is 143 Å². The molecule has 2 unspecified atom stereocenters. The average molecular weight is 422 g/mol. The van der Waals surface area contributed by atoms with E-state index in [0.717, 1.165) is 0 Å². The quantitative estimate of drug-likeness (QED) is 0.335. The van der Waals surface area contributed by atoms with Crippen LogP contribution in [-0.2, 0) is 22.4 Å². The standard InChI is InChI=1S/C9H17N2O11P3/c10-8(12)9-11-6(4-18-9)7-2-1-5(20-7)3-19-23(13)21-24(14)22-25(15,16)17/h4-5,7,13,15-17,24-25H,1-3H2,(H2,10,12)/t5-,7+,23?/m0/s1. The Morgan fingerprint density at radius 2 is 2.20 bits per heavy atom. The number of oxazole rings is 1. The Morgan fingerprint density at radius 1 is 1.48 bits per heavy atom. The van der Waals surface area contributed by atoms with Crippen molar-refractivity contribution in [1.82, 2.24) is 4.98 Å². The third-order valence-corrected chi connectivity index (χ3v) is 6.27. The van der Waals surface area contributed by atoms with Gasteiger partial charge in [-0.1, -0.05) is 0 Å². The number of rotatable bonds is 9. The molecule has 13 nitrogen and oxygen atoms in total. The SMILES string of the molecule is NC(=O)c1nc([C@H]2CC[C@@H](COP(O)O[PH](=O)O[PH](O)(O)O)O2)co1. The molecule has 144 valence electrons. The van der Waals surface area contributed by atoms with Crippen molar-refractivity contribution in [2.75, 3.05) is 6.61 Å². The number of amides is 1. The fraction of sp³-hybridized carbons (Fsp3) is 0.556. The molecule has 0 radical (unpaired) electrons. The van der Waals surface area contributed by atoms with Crippen LogP contribution in [0.4, 0.5) is 0 Å². The predicted molar refractivity (Wildman–Crippen MR) is 83.1 cm³/mol. The number of nitrogens with two attached hydrogens (primary N) is 1. The van der Waals surface area contributed by atoms with Gasteiger partial charge in [0, 0.05) is 0 Å². The normalized spacial score (nSPS) is 24.2. The van der Waals surface area contributed by atoms with Gasteiger partial charge >= 0.3 is 132 Å². The van der Waals surface area contributed by atoms with Crippen LogP contribution in [0, 0.1) is 0 Å². The third kappa shape index (κ3) is 6.93. The Kier molecular flexibility index (Phi) is 7.39. The van der Waals surface area contributed by atoms with Crippen molar-refractivity contribution >= 4 is 30.9 Å². The fourth-order valence-corrected chi connectivity index (χ4v) is 4.35. The van der Waals surface area contributed by atoms with Crippen LogP contribution < -0.4 is 5.73 Å². The molecule has 16 heteroatoms. The van der Waals surface area contributed by atoms with E-state index >= 15 is 0 Å². The predicted octanol–water partition coefficient (Wildman–Crippen LogP) is 0.0391. The molecule has 6 N–H and O–H groups in total. The first-order valence-corrected chi connectivity index (χ1v) is 10.8. The van der Waals surface area contributed by atoms with Crippen LogP contribution in [0.2, 0.25) is 0 Å². The van der Waals surface area contributed by atoms with Gasteiger partial charge in [0.1, 0.15) is 0 Å². The van der Waals surface area contributed by atoms with Gasteiger partial charge < -0.3 is 5.73 Å². The summed E-state index contributed by atoms with van der Waals surface area (Å²) in [6.07, 6.45) is 1.47. The van der Waals surface area contributed by atoms with Gasteiger partial charge in [0.15, 0.2) is 0 Å². The topological polar surface area (TPSA) is 204 Å². The van der Waals surface area contributed by atoms with Crippen molar-refractivity contribution in [2.24, 2.45) is 5.73 Å². The van der Waals surface area contributed by atoms with E-state index in [0.29, 0.717) is 18.5 Å². The van der Waals surface area contributed by atoms with Crippen molar-refractivity contribution in [3.05, 3.63) is 17.8 Å². The Hall–Kier alpha value is -0.550. The van der Waals surface area contributed by atoms with Crippen molar-refractivity contribution in [3.63, 3.8) is 0 Å². The van der Waals surface area contributed by atoms with Gasteiger partial charge in [0.05, 0.1) is 0 Å². The van der Waals surface area contributed by atoms with Gasteiger partial charge in [-0.25, -0.2) is 0 Å². The molecule has 1 aliphatic rings. The molecular formula is C9H17N2O11P3. The van der Waals surface area contributed by atoms with Crippen molar-refractivity contribution in [3.8, 4) is 0 Å². The van der Waals surface area contributed by atoms with Crippen LogP contribution in [-0.4, -0.2) is 43.2 Å². The molecule has 2 heterocycles. The molecule has 1 aromatic heterocycles. The van der Waals surface area contributed by atoms with Gasteiger partial charge in [-0.05, 0) is 0 Å². The summed E-state index contributed by atoms with van der Waals surface area (Å²) >= 11 is 0. The number of primary amides is 1. The Morgan fingerprint density at radius 3 is 2.80 bits per heavy atom. The minimum atomic E-state index is -5.01. The van der Waals surface area contributed by atoms with Gasteiger partial charge in [0.25, 0.3) is 0 Å². The molecule has 0 saturated carbocycles. The monoisotopic (exact) mass is 422 g/mol. The van der Waals surface area contributed by atoms with E-state index in [-0.39, 0.29) is 12.5 Å². The van der Waals surface area contributed by atoms with Crippen LogP contribution in [0.3, 0.4) is 0 Å². The second-order valence-electron chi connectivity index (χ2n) is 4.82. The third-order valence-electron chi connectivity index (χ3n) is 2.91. The average Bonchev–Trinajstić information content (AvgIpc) is 3.12. The van der Waals surface area contributed by atoms with E-state index < -0.39 is 43.1 Å². The first-order chi connectivity index (χ1) is 11.6. The van der Waals surface area contributed by atoms with Crippen molar-refractivity contribution < 1.29 is 51.2 Å². The van der Waals surface area contributed by atoms with E-state index in [2.05, 4.69) is 13.6 Å². The number of hydrogen-bond acceptors (Lipinski definition) is 12. The van der Waals surface area contributed by atoms with Crippen molar-refractivity contribution in [1.29, 1.82) is 0 Å². The molecule has 1 saturated heterocycles. The summed E-state index contributed by atoms with van der Waals surface area (Å²) in [6.45, 7) is -0.117. The summed E-state index contributed by atoms with van der Waals surface area (Å²) in [6, 6.07) is 0. The first-order valence-electron chi connectivity index (χ1n) is 6.74. The molecule has 0 aromatic carbocycles. The van der Waals surface area contributed by atoms with Crippen molar-refractivity contribution in [2.45, 2.75) is 25.0 Å². The van der Waals surface area contributed by atoms with E-state index in [9.17, 15) is 14.3 Å². The summed E-state index contributed by atoms with van der Waals surface area (Å²) in [5, 5.41) is 0. The molecule has 0 bridgehead atoms. The van der Waals surface area contributed by atoms with Crippen LogP contribution in [0.15, 0.2) is 10.7 Å². The first kappa shape index (κ1) is 20.8. The maximum absolute atomic E-state index is 11.1. The zero-order chi connectivity index (χ0) is 18.6. The number of carbonyl (C=O) groups excluding carboxylic acids is 1. The summed E-state index contributed by atoms with van der Waals surface area (Å²) < 4.78 is 34.8. The number of ether oxygens (including phenoxy) is 1. The summed E-state index contributed by atoms with van der Waals surface area (Å²) in [5.74, 6) is -1.03. The summed E-state index contributed by atoms with van der Waals surface area (Å²) in [4.78, 5) is 50.0. The summed E-state index contributed by atoms with van der Waals surface area (Å²) in [5.41, 5.74) is 5.43. The van der Waals surface area contributed by atoms with Gasteiger partial charge in [-0.3, -0.25) is 4.79 Å². The molecule has 2 rings (SSSR count). The van der Waals surface area contributed by atoms with Crippen LogP contribution in [0.25, 0.3) is 0 Å². The van der Waals surface area contributed by atoms with E-state index in [1.807, 2.05) is 0 Å². The minimum absolute atomic E-state index is 0.117.